The first-order chi connectivity index (χ1) is 14.5. The smallest absolute Gasteiger partial charge is 0.348 e. The van der Waals surface area contributed by atoms with Gasteiger partial charge in [0.15, 0.2) is 6.61 Å². The van der Waals surface area contributed by atoms with E-state index in [-0.39, 0.29) is 6.61 Å². The minimum Gasteiger partial charge on any atom is -0.451 e. The molecular weight excluding hydrogens is 398 g/mol. The lowest BCUT2D eigenvalue weighted by Gasteiger charge is -2.19. The maximum atomic E-state index is 12.5. The zero-order chi connectivity index (χ0) is 21.1. The number of carbonyl (C=O) groups excluding carboxylic acids is 2. The molecule has 30 heavy (non-hydrogen) atoms. The molecule has 7 heteroatoms. The molecule has 3 aromatic rings. The molecule has 0 unspecified atom stereocenters. The van der Waals surface area contributed by atoms with Crippen molar-refractivity contribution in [1.29, 1.82) is 0 Å². The zero-order valence-corrected chi connectivity index (χ0v) is 18.0. The molecule has 0 saturated carbocycles. The predicted octanol–water partition coefficient (Wildman–Crippen LogP) is 4.55. The third-order valence-corrected chi connectivity index (χ3v) is 6.61. The van der Waals surface area contributed by atoms with Gasteiger partial charge >= 0.3 is 5.97 Å². The summed E-state index contributed by atoms with van der Waals surface area (Å²) in [4.78, 5) is 26.7. The van der Waals surface area contributed by atoms with Crippen LogP contribution in [0.15, 0.2) is 42.5 Å². The number of benzene rings is 1. The second kappa shape index (κ2) is 8.83. The Labute approximate surface area is 179 Å². The maximum Gasteiger partial charge on any atom is 0.348 e. The van der Waals surface area contributed by atoms with Gasteiger partial charge in [-0.1, -0.05) is 31.5 Å². The normalized spacial score (nSPS) is 15.5. The van der Waals surface area contributed by atoms with Crippen LogP contribution in [0, 0.1) is 12.8 Å². The lowest BCUT2D eigenvalue weighted by molar-refractivity contribution is -0.119. The minimum atomic E-state index is -0.439. The van der Waals surface area contributed by atoms with Crippen molar-refractivity contribution in [2.24, 2.45) is 5.92 Å². The summed E-state index contributed by atoms with van der Waals surface area (Å²) in [7, 11) is 0. The number of esters is 1. The molecule has 156 valence electrons. The zero-order valence-electron chi connectivity index (χ0n) is 17.2. The fraction of sp³-hybridized carbons (Fsp3) is 0.348. The number of ether oxygens (including phenoxy) is 1. The van der Waals surface area contributed by atoms with Gasteiger partial charge in [-0.3, -0.25) is 4.79 Å². The second-order valence-electron chi connectivity index (χ2n) is 7.62. The van der Waals surface area contributed by atoms with E-state index in [1.54, 1.807) is 10.7 Å². The number of aryl methyl sites for hydroxylation is 2. The van der Waals surface area contributed by atoms with Crippen molar-refractivity contribution in [3.8, 4) is 5.69 Å². The van der Waals surface area contributed by atoms with Crippen molar-refractivity contribution >= 4 is 29.0 Å². The molecule has 0 bridgehead atoms. The molecule has 0 radical (unpaired) electrons. The van der Waals surface area contributed by atoms with E-state index in [4.69, 9.17) is 4.74 Å². The summed E-state index contributed by atoms with van der Waals surface area (Å²) in [6.07, 6.45) is 4.39. The molecule has 1 N–H and O–H groups in total. The predicted molar refractivity (Wildman–Crippen MR) is 117 cm³/mol. The second-order valence-corrected chi connectivity index (χ2v) is 8.76. The number of nitrogens with one attached hydrogen (secondary N) is 1. The van der Waals surface area contributed by atoms with Crippen LogP contribution in [0.2, 0.25) is 0 Å². The maximum absolute atomic E-state index is 12.5. The molecule has 2 heterocycles. The molecule has 6 nitrogen and oxygen atoms in total. The van der Waals surface area contributed by atoms with Crippen LogP contribution >= 0.6 is 11.3 Å². The van der Waals surface area contributed by atoms with Gasteiger partial charge in [0, 0.05) is 10.9 Å². The molecule has 4 rings (SSSR count). The lowest BCUT2D eigenvalue weighted by Crippen LogP contribution is -2.22. The average Bonchev–Trinajstić information content (AvgIpc) is 3.35. The highest BCUT2D eigenvalue weighted by atomic mass is 32.1. The molecule has 2 aromatic heterocycles. The number of hydrogen-bond acceptors (Lipinski definition) is 5. The summed E-state index contributed by atoms with van der Waals surface area (Å²) in [6, 6.07) is 13.3. The quantitative estimate of drug-likeness (QED) is 0.590. The van der Waals surface area contributed by atoms with Gasteiger partial charge in [0.2, 0.25) is 0 Å². The number of carbonyl (C=O) groups is 2. The summed E-state index contributed by atoms with van der Waals surface area (Å²) in [6.45, 7) is 3.73. The van der Waals surface area contributed by atoms with Gasteiger partial charge in [0.05, 0.1) is 11.4 Å². The molecule has 0 aliphatic heterocycles. The Kier molecular flexibility index (Phi) is 5.99. The average molecular weight is 424 g/mol. The standard InChI is InChI=1S/C23H25N3O3S/c1-3-16-9-10-19-17(12-16)13-20(30-19)23(28)29-14-22(27)24-21-11-15(2)25-26(21)18-7-5-4-6-8-18/h4-8,11,13,16H,3,9-10,12,14H2,1-2H3,(H,24,27)/t16-/m0/s1. The molecule has 1 aromatic carbocycles. The van der Waals surface area contributed by atoms with Crippen LogP contribution in [0.3, 0.4) is 0 Å². The Morgan fingerprint density at radius 1 is 1.27 bits per heavy atom. The van der Waals surface area contributed by atoms with Gasteiger partial charge < -0.3 is 10.1 Å². The van der Waals surface area contributed by atoms with Crippen LogP contribution in [0.1, 0.15) is 45.6 Å². The molecule has 0 fully saturated rings. The summed E-state index contributed by atoms with van der Waals surface area (Å²) in [5.74, 6) is 0.398. The van der Waals surface area contributed by atoms with Gasteiger partial charge in [-0.05, 0) is 55.9 Å². The third-order valence-electron chi connectivity index (χ3n) is 5.40. The Morgan fingerprint density at radius 2 is 2.07 bits per heavy atom. The fourth-order valence-corrected chi connectivity index (χ4v) is 4.89. The molecule has 0 saturated heterocycles. The van der Waals surface area contributed by atoms with Gasteiger partial charge in [-0.15, -0.1) is 11.3 Å². The molecular formula is C23H25N3O3S. The molecule has 1 amide bonds. The van der Waals surface area contributed by atoms with E-state index in [2.05, 4.69) is 17.3 Å². The van der Waals surface area contributed by atoms with E-state index in [1.165, 1.54) is 28.2 Å². The van der Waals surface area contributed by atoms with Crippen molar-refractivity contribution < 1.29 is 14.3 Å². The first kappa shape index (κ1) is 20.3. The summed E-state index contributed by atoms with van der Waals surface area (Å²) in [5, 5.41) is 7.21. The van der Waals surface area contributed by atoms with E-state index >= 15 is 0 Å². The first-order valence-corrected chi connectivity index (χ1v) is 11.1. The van der Waals surface area contributed by atoms with Crippen LogP contribution in [0.5, 0.6) is 0 Å². The highest BCUT2D eigenvalue weighted by Crippen LogP contribution is 2.33. The summed E-state index contributed by atoms with van der Waals surface area (Å²) in [5.41, 5.74) is 2.88. The van der Waals surface area contributed by atoms with Crippen molar-refractivity contribution in [1.82, 2.24) is 9.78 Å². The Morgan fingerprint density at radius 3 is 2.83 bits per heavy atom. The number of nitrogens with zero attached hydrogens (tertiary/aromatic N) is 2. The minimum absolute atomic E-state index is 0.335. The lowest BCUT2D eigenvalue weighted by atomic mass is 9.87. The van der Waals surface area contributed by atoms with E-state index in [0.717, 1.165) is 30.6 Å². The monoisotopic (exact) mass is 423 g/mol. The van der Waals surface area contributed by atoms with Crippen LogP contribution in [0.4, 0.5) is 5.82 Å². The summed E-state index contributed by atoms with van der Waals surface area (Å²) >= 11 is 1.49. The van der Waals surface area contributed by atoms with Crippen molar-refractivity contribution in [3.63, 3.8) is 0 Å². The topological polar surface area (TPSA) is 73.2 Å². The number of anilines is 1. The summed E-state index contributed by atoms with van der Waals surface area (Å²) < 4.78 is 6.93. The van der Waals surface area contributed by atoms with Gasteiger partial charge in [0.1, 0.15) is 10.7 Å². The Balaban J connectivity index is 1.37. The van der Waals surface area contributed by atoms with Crippen molar-refractivity contribution in [2.45, 2.75) is 39.5 Å². The van der Waals surface area contributed by atoms with Crippen LogP contribution in [0.25, 0.3) is 5.69 Å². The van der Waals surface area contributed by atoms with Gasteiger partial charge in [0.25, 0.3) is 5.91 Å². The largest absolute Gasteiger partial charge is 0.451 e. The van der Waals surface area contributed by atoms with Crippen molar-refractivity contribution in [3.05, 3.63) is 63.5 Å². The van der Waals surface area contributed by atoms with Gasteiger partial charge in [-0.2, -0.15) is 5.10 Å². The van der Waals surface area contributed by atoms with Gasteiger partial charge in [-0.25, -0.2) is 9.48 Å². The number of para-hydroxylation sites is 1. The number of hydrogen-bond donors (Lipinski definition) is 1. The number of fused-ring (bicyclic) bond motifs is 1. The van der Waals surface area contributed by atoms with Crippen LogP contribution in [-0.2, 0) is 22.4 Å². The molecule has 0 spiro atoms. The van der Waals surface area contributed by atoms with E-state index in [1.807, 2.05) is 43.3 Å². The number of rotatable bonds is 6. The third kappa shape index (κ3) is 4.46. The van der Waals surface area contributed by atoms with Crippen LogP contribution < -0.4 is 5.32 Å². The number of aromatic nitrogens is 2. The number of amides is 1. The van der Waals surface area contributed by atoms with Crippen LogP contribution in [-0.4, -0.2) is 28.3 Å². The Hall–Kier alpha value is -2.93. The highest BCUT2D eigenvalue weighted by molar-refractivity contribution is 7.14. The molecule has 1 aliphatic carbocycles. The fourth-order valence-electron chi connectivity index (χ4n) is 3.78. The Bertz CT molecular complexity index is 1060. The van der Waals surface area contributed by atoms with E-state index in [9.17, 15) is 9.59 Å². The SMILES string of the molecule is CC[C@H]1CCc2sc(C(=O)OCC(=O)Nc3cc(C)nn3-c3ccccc3)cc2C1. The highest BCUT2D eigenvalue weighted by Gasteiger charge is 2.23. The number of thiophene rings is 1. The molecule has 1 atom stereocenters. The van der Waals surface area contributed by atoms with Crippen molar-refractivity contribution in [2.75, 3.05) is 11.9 Å². The first-order valence-electron chi connectivity index (χ1n) is 10.2. The van der Waals surface area contributed by atoms with E-state index < -0.39 is 11.9 Å². The molecule has 1 aliphatic rings. The van der Waals surface area contributed by atoms with E-state index in [0.29, 0.717) is 16.6 Å².